The maximum atomic E-state index is 13.5. The van der Waals surface area contributed by atoms with Crippen LogP contribution in [0.2, 0.25) is 5.02 Å². The Hall–Kier alpha value is -2.21. The number of rotatable bonds is 5. The van der Waals surface area contributed by atoms with Crippen molar-refractivity contribution < 1.29 is 9.18 Å². The topological polar surface area (TPSA) is 70.1 Å². The molecule has 0 fully saturated rings. The van der Waals surface area contributed by atoms with Gasteiger partial charge in [-0.2, -0.15) is 10.2 Å². The normalized spacial score (nSPS) is 11.1. The van der Waals surface area contributed by atoms with Crippen molar-refractivity contribution in [1.29, 1.82) is 0 Å². The maximum Gasteiger partial charge on any atom is 0.240 e. The lowest BCUT2D eigenvalue weighted by atomic mass is 10.1. The third-order valence-electron chi connectivity index (χ3n) is 3.27. The van der Waals surface area contributed by atoms with Crippen LogP contribution in [-0.4, -0.2) is 22.3 Å². The first-order chi connectivity index (χ1) is 10.5. The highest BCUT2D eigenvalue weighted by atomic mass is 35.5. The minimum Gasteiger partial charge on any atom is -0.282 e. The molecule has 0 spiro atoms. The van der Waals surface area contributed by atoms with Crippen LogP contribution in [0, 0.1) is 19.7 Å². The molecule has 0 atom stereocenters. The van der Waals surface area contributed by atoms with Crippen molar-refractivity contribution in [2.24, 2.45) is 5.10 Å². The van der Waals surface area contributed by atoms with E-state index in [-0.39, 0.29) is 22.9 Å². The van der Waals surface area contributed by atoms with Crippen molar-refractivity contribution in [2.75, 3.05) is 0 Å². The molecule has 2 rings (SSSR count). The first-order valence-electron chi connectivity index (χ1n) is 6.75. The number of carbonyl (C=O) groups excluding carboxylic acids is 1. The van der Waals surface area contributed by atoms with E-state index in [1.54, 1.807) is 6.07 Å². The summed E-state index contributed by atoms with van der Waals surface area (Å²) in [6.45, 7) is 3.79. The second-order valence-electron chi connectivity index (χ2n) is 4.84. The first-order valence-corrected chi connectivity index (χ1v) is 7.13. The van der Waals surface area contributed by atoms with Gasteiger partial charge in [-0.25, -0.2) is 9.82 Å². The fourth-order valence-corrected chi connectivity index (χ4v) is 2.25. The molecule has 0 aliphatic rings. The van der Waals surface area contributed by atoms with E-state index in [0.29, 0.717) is 6.42 Å². The zero-order valence-corrected chi connectivity index (χ0v) is 13.0. The lowest BCUT2D eigenvalue weighted by molar-refractivity contribution is -0.121. The minimum atomic E-state index is -0.491. The second-order valence-corrected chi connectivity index (χ2v) is 5.25. The molecule has 0 aliphatic heterocycles. The number of nitrogens with zero attached hydrogens (tertiary/aromatic N) is 2. The standard InChI is InChI=1S/C15H16ClFN4O/c1-9-11(10(2)20-19-9)6-7-15(22)21-18-8-12-13(16)4-3-5-14(12)17/h3-5,8H,6-7H2,1-2H3,(H,19,20)(H,21,22). The SMILES string of the molecule is Cc1n[nH]c(C)c1CCC(=O)NN=Cc1c(F)cccc1Cl. The van der Waals surface area contributed by atoms with Crippen LogP contribution in [0.25, 0.3) is 0 Å². The van der Waals surface area contributed by atoms with Crippen LogP contribution in [0.4, 0.5) is 4.39 Å². The molecular formula is C15H16ClFN4O. The summed E-state index contributed by atoms with van der Waals surface area (Å²) in [6.07, 6.45) is 2.03. The van der Waals surface area contributed by atoms with Gasteiger partial charge in [-0.1, -0.05) is 17.7 Å². The van der Waals surface area contributed by atoms with E-state index >= 15 is 0 Å². The van der Waals surface area contributed by atoms with Gasteiger partial charge in [-0.3, -0.25) is 9.89 Å². The summed E-state index contributed by atoms with van der Waals surface area (Å²) in [5, 5.41) is 10.9. The minimum absolute atomic E-state index is 0.144. The molecule has 0 saturated heterocycles. The van der Waals surface area contributed by atoms with Crippen LogP contribution in [-0.2, 0) is 11.2 Å². The van der Waals surface area contributed by atoms with Crippen molar-refractivity contribution in [3.8, 4) is 0 Å². The summed E-state index contributed by atoms with van der Waals surface area (Å²) in [4.78, 5) is 11.7. The Balaban J connectivity index is 1.89. The van der Waals surface area contributed by atoms with E-state index in [0.717, 1.165) is 17.0 Å². The number of nitrogens with one attached hydrogen (secondary N) is 2. The Kier molecular flexibility index (Phi) is 5.27. The van der Waals surface area contributed by atoms with Gasteiger partial charge < -0.3 is 0 Å². The Labute approximate surface area is 132 Å². The van der Waals surface area contributed by atoms with Crippen molar-refractivity contribution in [3.05, 3.63) is 51.6 Å². The highest BCUT2D eigenvalue weighted by molar-refractivity contribution is 6.33. The van der Waals surface area contributed by atoms with Gasteiger partial charge in [0.15, 0.2) is 0 Å². The number of hydrazone groups is 1. The van der Waals surface area contributed by atoms with Crippen LogP contribution in [0.1, 0.15) is 28.9 Å². The largest absolute Gasteiger partial charge is 0.282 e. The summed E-state index contributed by atoms with van der Waals surface area (Å²) in [7, 11) is 0. The fraction of sp³-hybridized carbons (Fsp3) is 0.267. The number of H-pyrrole nitrogens is 1. The van der Waals surface area contributed by atoms with Gasteiger partial charge in [0.05, 0.1) is 16.9 Å². The number of aromatic nitrogens is 2. The second kappa shape index (κ2) is 7.17. The van der Waals surface area contributed by atoms with Gasteiger partial charge >= 0.3 is 0 Å². The van der Waals surface area contributed by atoms with Crippen molar-refractivity contribution in [1.82, 2.24) is 15.6 Å². The first kappa shape index (κ1) is 16.2. The third kappa shape index (κ3) is 3.92. The van der Waals surface area contributed by atoms with E-state index in [2.05, 4.69) is 20.7 Å². The molecule has 7 heteroatoms. The molecule has 1 aromatic heterocycles. The van der Waals surface area contributed by atoms with Crippen molar-refractivity contribution in [2.45, 2.75) is 26.7 Å². The summed E-state index contributed by atoms with van der Waals surface area (Å²) < 4.78 is 13.5. The van der Waals surface area contributed by atoms with Gasteiger partial charge in [0, 0.05) is 17.7 Å². The monoisotopic (exact) mass is 322 g/mol. The number of amides is 1. The average molecular weight is 323 g/mol. The Bertz CT molecular complexity index is 672. The number of aromatic amines is 1. The maximum absolute atomic E-state index is 13.5. The van der Waals surface area contributed by atoms with E-state index in [1.165, 1.54) is 18.3 Å². The molecule has 5 nitrogen and oxygen atoms in total. The van der Waals surface area contributed by atoms with E-state index in [9.17, 15) is 9.18 Å². The smallest absolute Gasteiger partial charge is 0.240 e. The van der Waals surface area contributed by atoms with Crippen molar-refractivity contribution in [3.63, 3.8) is 0 Å². The van der Waals surface area contributed by atoms with E-state index in [1.807, 2.05) is 13.8 Å². The molecule has 116 valence electrons. The van der Waals surface area contributed by atoms with Crippen LogP contribution in [0.5, 0.6) is 0 Å². The number of hydrogen-bond acceptors (Lipinski definition) is 3. The van der Waals surface area contributed by atoms with Crippen molar-refractivity contribution >= 4 is 23.7 Å². The Morgan fingerprint density at radius 2 is 2.27 bits per heavy atom. The van der Waals surface area contributed by atoms with Crippen LogP contribution in [0.3, 0.4) is 0 Å². The molecule has 1 aromatic carbocycles. The summed E-state index contributed by atoms with van der Waals surface area (Å²) in [5.41, 5.74) is 5.36. The zero-order chi connectivity index (χ0) is 16.1. The summed E-state index contributed by atoms with van der Waals surface area (Å²) >= 11 is 5.85. The fourth-order valence-electron chi connectivity index (χ4n) is 2.04. The molecule has 0 bridgehead atoms. The predicted octanol–water partition coefficient (Wildman–Crippen LogP) is 2.90. The number of halogens is 2. The van der Waals surface area contributed by atoms with Crippen LogP contribution in [0.15, 0.2) is 23.3 Å². The van der Waals surface area contributed by atoms with Crippen LogP contribution < -0.4 is 5.43 Å². The number of carbonyl (C=O) groups is 1. The zero-order valence-electron chi connectivity index (χ0n) is 12.3. The Morgan fingerprint density at radius 3 is 2.91 bits per heavy atom. The third-order valence-corrected chi connectivity index (χ3v) is 3.59. The Morgan fingerprint density at radius 1 is 1.50 bits per heavy atom. The number of aryl methyl sites for hydroxylation is 2. The molecule has 2 aromatic rings. The van der Waals surface area contributed by atoms with E-state index < -0.39 is 5.82 Å². The van der Waals surface area contributed by atoms with Gasteiger partial charge in [0.1, 0.15) is 5.82 Å². The van der Waals surface area contributed by atoms with Gasteiger partial charge in [-0.15, -0.1) is 0 Å². The summed E-state index contributed by atoms with van der Waals surface area (Å²) in [6, 6.07) is 4.33. The molecule has 0 aliphatic carbocycles. The average Bonchev–Trinajstić information content (AvgIpc) is 2.79. The van der Waals surface area contributed by atoms with Crippen LogP contribution >= 0.6 is 11.6 Å². The molecule has 1 amide bonds. The highest BCUT2D eigenvalue weighted by Gasteiger charge is 2.09. The molecule has 0 saturated carbocycles. The number of hydrogen-bond donors (Lipinski definition) is 2. The van der Waals surface area contributed by atoms with Gasteiger partial charge in [0.25, 0.3) is 0 Å². The van der Waals surface area contributed by atoms with Gasteiger partial charge in [-0.05, 0) is 38.0 Å². The molecule has 22 heavy (non-hydrogen) atoms. The molecule has 1 heterocycles. The highest BCUT2D eigenvalue weighted by Crippen LogP contribution is 2.16. The van der Waals surface area contributed by atoms with Gasteiger partial charge in [0.2, 0.25) is 5.91 Å². The lowest BCUT2D eigenvalue weighted by Crippen LogP contribution is -2.18. The quantitative estimate of drug-likeness (QED) is 0.656. The predicted molar refractivity (Wildman–Crippen MR) is 83.5 cm³/mol. The molecule has 2 N–H and O–H groups in total. The summed E-state index contributed by atoms with van der Waals surface area (Å²) in [5.74, 6) is -0.751. The molecule has 0 unspecified atom stereocenters. The van der Waals surface area contributed by atoms with E-state index in [4.69, 9.17) is 11.6 Å². The number of benzene rings is 1. The molecular weight excluding hydrogens is 307 g/mol. The molecule has 0 radical (unpaired) electrons. The lowest BCUT2D eigenvalue weighted by Gasteiger charge is -2.02.